The van der Waals surface area contributed by atoms with Crippen LogP contribution < -0.4 is 25.3 Å². The van der Waals surface area contributed by atoms with Gasteiger partial charge in [-0.05, 0) is 174 Å². The molecule has 15 rings (SSSR count). The Hall–Kier alpha value is -7.79. The molecule has 0 saturated carbocycles. The fourth-order valence-electron chi connectivity index (χ4n) is 16.2. The number of hydrogen-bond acceptors (Lipinski definition) is 20. The van der Waals surface area contributed by atoms with E-state index in [1.165, 1.54) is 32.1 Å². The zero-order chi connectivity index (χ0) is 76.9. The standard InChI is InChI=1S/C28H37Cl2N7O.C26H30Cl2N8O.C24H27Cl2N7O/c1-17(2)28(38)31-9-11-35-10-5-6-20(14-35)21-15-36(16-21)25-13-32-26-18(3)34-37(27(26)33-25)19(4)23-8-7-22(29)12-24(23)30;1-16(21-6-5-20(27)10-22(21)28)36-26-25(23(11-29)33-36)31-12-24(32-26)35-14-19(15-35)18-4-3-8-34(13-18)9-7-30-17(2)37;1-15(19-4-3-18(25)9-20(19)26)33-24-23(21(10-27)30-33)28-11-22(29-24)32-13-17(14-32)16-5-7-31(12-16)6-2-8-34/h7-8,12-13,17,19-21H,5-6,9-11,14-16H2,1-4H3,(H,31,38);5-6,10,12,16,18-19H,3-4,7-9,13-15H2,1-2H3,(H,30,37);3-4,9,11,15-17,34H,2,5-8,12-14H2,1H3. The topological polar surface area (TPSA) is 276 Å². The first-order chi connectivity index (χ1) is 52.5. The van der Waals surface area contributed by atoms with Crippen LogP contribution in [0.4, 0.5) is 17.5 Å². The summed E-state index contributed by atoms with van der Waals surface area (Å²) in [5.74, 6) is 6.59. The van der Waals surface area contributed by atoms with E-state index in [-0.39, 0.29) is 53.9 Å². The van der Waals surface area contributed by atoms with Crippen molar-refractivity contribution in [2.45, 2.75) is 105 Å². The Kier molecular flexibility index (Phi) is 25.7. The van der Waals surface area contributed by atoms with Gasteiger partial charge >= 0.3 is 0 Å². The highest BCUT2D eigenvalue weighted by atomic mass is 35.5. The van der Waals surface area contributed by atoms with Crippen LogP contribution in [0.3, 0.4) is 0 Å². The molecule has 6 fully saturated rings. The third kappa shape index (κ3) is 18.1. The van der Waals surface area contributed by atoms with Crippen molar-refractivity contribution >= 4 is 132 Å². The van der Waals surface area contributed by atoms with Gasteiger partial charge in [-0.3, -0.25) is 9.59 Å². The summed E-state index contributed by atoms with van der Waals surface area (Å²) in [6.45, 7) is 30.3. The molecule has 576 valence electrons. The minimum absolute atomic E-state index is 0.0233. The molecule has 6 unspecified atom stereocenters. The first kappa shape index (κ1) is 79.3. The van der Waals surface area contributed by atoms with Gasteiger partial charge in [0.25, 0.3) is 0 Å². The number of likely N-dealkylation sites (tertiary alicyclic amines) is 3. The van der Waals surface area contributed by atoms with E-state index < -0.39 is 0 Å². The number of benzene rings is 3. The SMILES string of the molecule is CC(=O)NCCN1CCCC(C2CN(c3cnc4c(C#N)nn(C(C)c5ccc(Cl)cc5Cl)c4n3)C2)C1.CC(c1ccc(Cl)cc1Cl)n1nc(C#N)c2ncc(N3CC(C4CCN(CCCO)C4)C3)nc21.Cc1nn(C(C)c2ccc(Cl)cc2Cl)c2nc(N3CC(C4CCCN(CCNC(=O)C(C)C)C4)C3)cnc12. The van der Waals surface area contributed by atoms with Crippen molar-refractivity contribution in [3.63, 3.8) is 0 Å². The Balaban J connectivity index is 0.000000144. The molecule has 25 nitrogen and oxygen atoms in total. The molecular formula is C78H94Cl6N22O3. The molecular weight excluding hydrogens is 1510 g/mol. The Morgan fingerprint density at radius 1 is 0.505 bits per heavy atom. The molecule has 31 heteroatoms. The molecule has 2 amide bonds. The van der Waals surface area contributed by atoms with Crippen LogP contribution in [-0.2, 0) is 9.59 Å². The van der Waals surface area contributed by atoms with Crippen LogP contribution >= 0.6 is 69.6 Å². The Morgan fingerprint density at radius 3 is 1.27 bits per heavy atom. The maximum absolute atomic E-state index is 11.9. The average Bonchev–Trinajstić information content (AvgIpc) is 1.69. The number of aliphatic hydroxyl groups excluding tert-OH is 1. The number of carbonyl (C=O) groups excluding carboxylic acids is 2. The number of rotatable bonds is 22. The Labute approximate surface area is 666 Å². The van der Waals surface area contributed by atoms with Gasteiger partial charge in [0, 0.05) is 141 Å². The number of anilines is 3. The summed E-state index contributed by atoms with van der Waals surface area (Å²) < 4.78 is 5.38. The second-order valence-corrected chi connectivity index (χ2v) is 32.9. The van der Waals surface area contributed by atoms with Gasteiger partial charge in [0.1, 0.15) is 46.1 Å². The molecule has 6 saturated heterocycles. The van der Waals surface area contributed by atoms with Crippen LogP contribution in [0.1, 0.15) is 132 Å². The fourth-order valence-corrected chi connectivity index (χ4v) is 17.9. The molecule has 3 aromatic carbocycles. The number of nitrogens with zero attached hydrogens (tertiary/aromatic N) is 20. The van der Waals surface area contributed by atoms with Crippen molar-refractivity contribution in [3.8, 4) is 12.1 Å². The van der Waals surface area contributed by atoms with Crippen LogP contribution in [-0.4, -0.2) is 209 Å². The number of halogens is 6. The molecule has 6 atom stereocenters. The van der Waals surface area contributed by atoms with Crippen molar-refractivity contribution in [3.05, 3.63) is 137 Å². The smallest absolute Gasteiger partial charge is 0.222 e. The second kappa shape index (κ2) is 35.3. The number of amides is 2. The van der Waals surface area contributed by atoms with Gasteiger partial charge in [-0.25, -0.2) is 43.9 Å². The van der Waals surface area contributed by atoms with Gasteiger partial charge in [0.15, 0.2) is 28.3 Å². The first-order valence-electron chi connectivity index (χ1n) is 38.0. The van der Waals surface area contributed by atoms with Gasteiger partial charge in [-0.2, -0.15) is 25.8 Å². The van der Waals surface area contributed by atoms with Crippen LogP contribution in [0.5, 0.6) is 0 Å². The molecule has 6 aliphatic heterocycles. The van der Waals surface area contributed by atoms with Gasteiger partial charge in [-0.1, -0.05) is 102 Å². The Bertz CT molecular complexity index is 4830. The van der Waals surface area contributed by atoms with E-state index in [1.54, 1.807) is 59.0 Å². The zero-order valence-corrected chi connectivity index (χ0v) is 67.2. The number of fused-ring (bicyclic) bond motifs is 3. The third-order valence-electron chi connectivity index (χ3n) is 22.7. The number of aliphatic hydroxyl groups is 1. The van der Waals surface area contributed by atoms with E-state index in [2.05, 4.69) is 79.3 Å². The highest BCUT2D eigenvalue weighted by molar-refractivity contribution is 6.36. The van der Waals surface area contributed by atoms with Crippen LogP contribution in [0.25, 0.3) is 33.5 Å². The summed E-state index contributed by atoms with van der Waals surface area (Å²) in [7, 11) is 0. The van der Waals surface area contributed by atoms with E-state index in [0.717, 1.165) is 162 Å². The van der Waals surface area contributed by atoms with Crippen molar-refractivity contribution in [2.24, 2.45) is 41.4 Å². The van der Waals surface area contributed by atoms with E-state index in [1.807, 2.05) is 69.8 Å². The minimum Gasteiger partial charge on any atom is -0.396 e. The second-order valence-electron chi connectivity index (χ2n) is 30.3. The summed E-state index contributed by atoms with van der Waals surface area (Å²) in [6, 6.07) is 20.0. The van der Waals surface area contributed by atoms with Crippen molar-refractivity contribution in [1.29, 1.82) is 10.5 Å². The van der Waals surface area contributed by atoms with Gasteiger partial charge < -0.3 is 45.1 Å². The van der Waals surface area contributed by atoms with E-state index in [4.69, 9.17) is 99.7 Å². The predicted octanol–water partition coefficient (Wildman–Crippen LogP) is 12.6. The molecule has 3 N–H and O–H groups in total. The number of nitrogens with one attached hydrogen (secondary N) is 2. The summed E-state index contributed by atoms with van der Waals surface area (Å²) in [5.41, 5.74) is 7.70. The quantitative estimate of drug-likeness (QED) is 0.0568. The highest BCUT2D eigenvalue weighted by Gasteiger charge is 2.41. The molecule has 6 aliphatic rings. The molecule has 0 bridgehead atoms. The summed E-state index contributed by atoms with van der Waals surface area (Å²) in [6.07, 6.45) is 12.3. The largest absolute Gasteiger partial charge is 0.396 e. The summed E-state index contributed by atoms with van der Waals surface area (Å²) in [5, 5.41) is 51.5. The first-order valence-corrected chi connectivity index (χ1v) is 40.2. The van der Waals surface area contributed by atoms with Crippen molar-refractivity contribution in [2.75, 3.05) is 133 Å². The van der Waals surface area contributed by atoms with E-state index in [9.17, 15) is 20.1 Å². The lowest BCUT2D eigenvalue weighted by Crippen LogP contribution is -2.54. The van der Waals surface area contributed by atoms with E-state index in [0.29, 0.717) is 94.5 Å². The number of nitriles is 2. The molecule has 0 spiro atoms. The van der Waals surface area contributed by atoms with Crippen molar-refractivity contribution < 1.29 is 14.7 Å². The monoisotopic (exact) mass is 1600 g/mol. The fraction of sp³-hybridized carbons (Fsp3) is 0.526. The Morgan fingerprint density at radius 2 is 0.881 bits per heavy atom. The molecule has 0 aliphatic carbocycles. The van der Waals surface area contributed by atoms with E-state index >= 15 is 0 Å². The predicted molar refractivity (Wildman–Crippen MR) is 429 cm³/mol. The summed E-state index contributed by atoms with van der Waals surface area (Å²) in [4.78, 5) is 66.0. The molecule has 0 radical (unpaired) electrons. The van der Waals surface area contributed by atoms with Gasteiger partial charge in [0.05, 0.1) is 42.4 Å². The average molecular weight is 1600 g/mol. The third-order valence-corrected chi connectivity index (χ3v) is 24.4. The van der Waals surface area contributed by atoms with Crippen LogP contribution in [0, 0.1) is 71.0 Å². The van der Waals surface area contributed by atoms with Crippen LogP contribution in [0.2, 0.25) is 30.1 Å². The molecule has 9 aromatic rings. The van der Waals surface area contributed by atoms with Crippen LogP contribution in [0.15, 0.2) is 73.2 Å². The summed E-state index contributed by atoms with van der Waals surface area (Å²) >= 11 is 37.7. The zero-order valence-electron chi connectivity index (χ0n) is 62.6. The number of hydrogen-bond donors (Lipinski definition) is 3. The number of piperidine rings is 2. The normalized spacial score (nSPS) is 19.7. The molecule has 12 heterocycles. The number of aromatic nitrogens is 12. The van der Waals surface area contributed by atoms with Gasteiger partial charge in [0.2, 0.25) is 11.8 Å². The lowest BCUT2D eigenvalue weighted by atomic mass is 9.80. The highest BCUT2D eigenvalue weighted by Crippen LogP contribution is 2.40. The lowest BCUT2D eigenvalue weighted by Gasteiger charge is -2.47. The number of carbonyl (C=O) groups is 2. The maximum atomic E-state index is 11.9. The molecule has 6 aromatic heterocycles. The minimum atomic E-state index is -0.256. The van der Waals surface area contributed by atoms with Crippen molar-refractivity contribution in [1.82, 2.24) is 84.6 Å². The lowest BCUT2D eigenvalue weighted by molar-refractivity contribution is -0.124. The maximum Gasteiger partial charge on any atom is 0.222 e. The molecule has 109 heavy (non-hydrogen) atoms. The number of aryl methyl sites for hydroxylation is 1. The van der Waals surface area contributed by atoms with Gasteiger partial charge in [-0.15, -0.1) is 0 Å².